The van der Waals surface area contributed by atoms with Gasteiger partial charge in [-0.15, -0.1) is 0 Å². The van der Waals surface area contributed by atoms with Gasteiger partial charge in [0.2, 0.25) is 0 Å². The van der Waals surface area contributed by atoms with E-state index in [1.807, 2.05) is 0 Å². The van der Waals surface area contributed by atoms with Gasteiger partial charge < -0.3 is 0 Å². The largest absolute Gasteiger partial charge is 0.269 e. The average Bonchev–Trinajstić information content (AvgIpc) is 2.75. The van der Waals surface area contributed by atoms with Crippen LogP contribution in [-0.2, 0) is 11.5 Å². The second-order valence-electron chi connectivity index (χ2n) is 4.33. The number of rotatable bonds is 3. The van der Waals surface area contributed by atoms with Crippen molar-refractivity contribution in [3.8, 4) is 0 Å². The molecule has 0 spiro atoms. The summed E-state index contributed by atoms with van der Waals surface area (Å²) in [6.45, 7) is 5.21. The first-order valence-electron chi connectivity index (χ1n) is 5.71. The van der Waals surface area contributed by atoms with Gasteiger partial charge in [-0.25, -0.2) is 0 Å². The van der Waals surface area contributed by atoms with Gasteiger partial charge in [0.25, 0.3) is 11.5 Å². The van der Waals surface area contributed by atoms with Crippen LogP contribution in [0.2, 0.25) is 0 Å². The summed E-state index contributed by atoms with van der Waals surface area (Å²) < 4.78 is 7.72. The summed E-state index contributed by atoms with van der Waals surface area (Å²) in [4.78, 5) is 0. The number of hydrogen-bond donors (Lipinski definition) is 0. The Labute approximate surface area is 100 Å². The predicted octanol–water partition coefficient (Wildman–Crippen LogP) is 1.41. The molecule has 2 aliphatic heterocycles. The maximum absolute atomic E-state index is 2.66. The van der Waals surface area contributed by atoms with Crippen LogP contribution >= 0.6 is 0 Å². The van der Waals surface area contributed by atoms with Gasteiger partial charge in [-0.1, -0.05) is 12.9 Å². The van der Waals surface area contributed by atoms with Gasteiger partial charge in [0, 0.05) is 40.3 Å². The van der Waals surface area contributed by atoms with Crippen LogP contribution < -0.4 is 0 Å². The van der Waals surface area contributed by atoms with E-state index in [0.717, 1.165) is 0 Å². The smallest absolute Gasteiger partial charge is 0.267 e. The highest BCUT2D eigenvalue weighted by Gasteiger charge is 2.42. The molecular weight excluding hydrogens is 232 g/mol. The summed E-state index contributed by atoms with van der Waals surface area (Å²) in [5.74, 6) is 0. The lowest BCUT2D eigenvalue weighted by atomic mass is 10.4. The molecule has 0 N–H and O–H groups in total. The summed E-state index contributed by atoms with van der Waals surface area (Å²) in [5.41, 5.74) is 0. The van der Waals surface area contributed by atoms with Crippen molar-refractivity contribution in [1.82, 2.24) is 12.9 Å². The summed E-state index contributed by atoms with van der Waals surface area (Å²) in [6.07, 6.45) is 5.58. The first-order valence-corrected chi connectivity index (χ1v) is 6.80. The second-order valence-corrected chi connectivity index (χ2v) is 6.58. The van der Waals surface area contributed by atoms with Gasteiger partial charge in [-0.3, -0.25) is 9.41 Å². The molecule has 16 heavy (non-hydrogen) atoms. The molecule has 98 valence electrons. The maximum Gasteiger partial charge on any atom is 0.267 e. The number of hydrogen-bond acceptors (Lipinski definition) is 3. The number of halogens is 2. The summed E-state index contributed by atoms with van der Waals surface area (Å²) in [5, 5.41) is 0. The lowest BCUT2D eigenvalue weighted by Gasteiger charge is -2.25. The molecule has 0 aromatic carbocycles. The van der Waals surface area contributed by atoms with Crippen molar-refractivity contribution in [2.45, 2.75) is 25.7 Å². The zero-order valence-electron chi connectivity index (χ0n) is 10.2. The third-order valence-electron chi connectivity index (χ3n) is 2.92. The molecule has 2 rings (SSSR count). The first kappa shape index (κ1) is 16.1. The Kier molecular flexibility index (Phi) is 7.46. The van der Waals surface area contributed by atoms with Crippen LogP contribution in [0.4, 0.5) is 9.41 Å². The molecule has 0 radical (unpaired) electrons. The molecule has 0 atom stereocenters. The minimum atomic E-state index is 0. The average molecular weight is 256 g/mol. The summed E-state index contributed by atoms with van der Waals surface area (Å²) in [6, 6.07) is 0. The number of nitrogens with zero attached hydrogens (tertiary/aromatic N) is 3. The van der Waals surface area contributed by atoms with Crippen molar-refractivity contribution in [2.24, 2.45) is 0 Å². The molecule has 2 heterocycles. The fourth-order valence-corrected chi connectivity index (χ4v) is 4.75. The standard InChI is InChI=1S/C10H22N3S.2FH/c1-11(2)14(12-7-3-4-8-12)13-9-5-6-10-13;;/h3-10H2,1-2H3;2*1H/q+1;;. The van der Waals surface area contributed by atoms with Crippen LogP contribution in [0.5, 0.6) is 0 Å². The van der Waals surface area contributed by atoms with Crippen LogP contribution in [0, 0.1) is 0 Å². The van der Waals surface area contributed by atoms with Crippen LogP contribution in [0.3, 0.4) is 0 Å². The monoisotopic (exact) mass is 256 g/mol. The molecule has 0 saturated carbocycles. The van der Waals surface area contributed by atoms with E-state index in [0.29, 0.717) is 0 Å². The summed E-state index contributed by atoms with van der Waals surface area (Å²) in [7, 11) is 4.44. The molecule has 6 heteroatoms. The summed E-state index contributed by atoms with van der Waals surface area (Å²) >= 11 is 0.273. The molecule has 0 unspecified atom stereocenters. The van der Waals surface area contributed by atoms with Crippen LogP contribution in [-0.4, -0.2) is 53.2 Å². The quantitative estimate of drug-likeness (QED) is 0.707. The Morgan fingerprint density at radius 2 is 1.06 bits per heavy atom. The van der Waals surface area contributed by atoms with Gasteiger partial charge in [0.1, 0.15) is 0 Å². The Hall–Kier alpha value is 0.0900. The minimum absolute atomic E-state index is 0. The van der Waals surface area contributed by atoms with E-state index in [9.17, 15) is 0 Å². The van der Waals surface area contributed by atoms with Crippen molar-refractivity contribution < 1.29 is 9.41 Å². The van der Waals surface area contributed by atoms with Crippen molar-refractivity contribution in [1.29, 1.82) is 0 Å². The molecular formula is C10H24F2N3S+. The van der Waals surface area contributed by atoms with Gasteiger partial charge in [0.05, 0.1) is 0 Å². The van der Waals surface area contributed by atoms with E-state index in [-0.39, 0.29) is 20.9 Å². The fourth-order valence-electron chi connectivity index (χ4n) is 2.33. The van der Waals surface area contributed by atoms with E-state index < -0.39 is 0 Å². The van der Waals surface area contributed by atoms with E-state index in [4.69, 9.17) is 0 Å². The van der Waals surface area contributed by atoms with Crippen molar-refractivity contribution in [3.63, 3.8) is 0 Å². The van der Waals surface area contributed by atoms with E-state index in [1.54, 1.807) is 0 Å². The van der Waals surface area contributed by atoms with Crippen molar-refractivity contribution in [3.05, 3.63) is 0 Å². The lowest BCUT2D eigenvalue weighted by molar-refractivity contribution is 0.439. The lowest BCUT2D eigenvalue weighted by Crippen LogP contribution is -2.48. The molecule has 2 fully saturated rings. The second kappa shape index (κ2) is 7.42. The fraction of sp³-hybridized carbons (Fsp3) is 1.00. The zero-order chi connectivity index (χ0) is 9.97. The van der Waals surface area contributed by atoms with Crippen molar-refractivity contribution in [2.75, 3.05) is 40.3 Å². The third kappa shape index (κ3) is 3.55. The first-order chi connectivity index (χ1) is 6.79. The minimum Gasteiger partial charge on any atom is -0.269 e. The molecule has 2 saturated heterocycles. The molecule has 0 aromatic rings. The topological polar surface area (TPSA) is 9.72 Å². The van der Waals surface area contributed by atoms with Crippen molar-refractivity contribution >= 4 is 11.5 Å². The van der Waals surface area contributed by atoms with Gasteiger partial charge in [-0.05, 0) is 25.7 Å². The highest BCUT2D eigenvalue weighted by atomic mass is 32.2. The van der Waals surface area contributed by atoms with E-state index in [1.165, 1.54) is 51.9 Å². The molecule has 0 bridgehead atoms. The Balaban J connectivity index is 0.00000112. The molecule has 3 nitrogen and oxygen atoms in total. The zero-order valence-corrected chi connectivity index (χ0v) is 11.0. The predicted molar refractivity (Wildman–Crippen MR) is 67.7 cm³/mol. The van der Waals surface area contributed by atoms with E-state index in [2.05, 4.69) is 27.0 Å². The normalized spacial score (nSPS) is 22.5. The van der Waals surface area contributed by atoms with Crippen LogP contribution in [0.1, 0.15) is 25.7 Å². The Morgan fingerprint density at radius 3 is 1.31 bits per heavy atom. The highest BCUT2D eigenvalue weighted by Crippen LogP contribution is 2.23. The molecule has 0 amide bonds. The highest BCUT2D eigenvalue weighted by molar-refractivity contribution is 7.90. The Morgan fingerprint density at radius 1 is 0.750 bits per heavy atom. The van der Waals surface area contributed by atoms with Crippen LogP contribution in [0.15, 0.2) is 0 Å². The molecule has 2 aliphatic rings. The van der Waals surface area contributed by atoms with Gasteiger partial charge >= 0.3 is 0 Å². The molecule has 0 aliphatic carbocycles. The molecule has 0 aromatic heterocycles. The Bertz CT molecular complexity index is 167. The van der Waals surface area contributed by atoms with Gasteiger partial charge in [0.15, 0.2) is 0 Å². The van der Waals surface area contributed by atoms with Crippen LogP contribution in [0.25, 0.3) is 0 Å². The third-order valence-corrected chi connectivity index (χ3v) is 5.23. The SMILES string of the molecule is CN(C)[S+](N1CCCC1)N1CCCC1.F.F. The van der Waals surface area contributed by atoms with Gasteiger partial charge in [-0.2, -0.15) is 0 Å². The maximum atomic E-state index is 2.66. The van der Waals surface area contributed by atoms with E-state index >= 15 is 0 Å².